The van der Waals surface area contributed by atoms with E-state index in [1.807, 2.05) is 6.92 Å². The lowest BCUT2D eigenvalue weighted by Gasteiger charge is -2.11. The van der Waals surface area contributed by atoms with Gasteiger partial charge in [0, 0.05) is 18.7 Å². The second kappa shape index (κ2) is 4.70. The van der Waals surface area contributed by atoms with Gasteiger partial charge in [0.1, 0.15) is 11.5 Å². The van der Waals surface area contributed by atoms with Gasteiger partial charge < -0.3 is 11.1 Å². The largest absolute Gasteiger partial charge is 0.366 e. The maximum Gasteiger partial charge on any atom is 0.290 e. The lowest BCUT2D eigenvalue weighted by Crippen LogP contribution is -2.25. The van der Waals surface area contributed by atoms with E-state index in [9.17, 15) is 10.1 Å². The molecule has 1 unspecified atom stereocenters. The summed E-state index contributed by atoms with van der Waals surface area (Å²) in [5.74, 6) is 0.607. The highest BCUT2D eigenvalue weighted by atomic mass is 16.6. The summed E-state index contributed by atoms with van der Waals surface area (Å²) >= 11 is 0. The van der Waals surface area contributed by atoms with Crippen molar-refractivity contribution in [2.24, 2.45) is 5.73 Å². The Morgan fingerprint density at radius 2 is 2.33 bits per heavy atom. The molecule has 3 N–H and O–H groups in total. The molecule has 0 aliphatic carbocycles. The summed E-state index contributed by atoms with van der Waals surface area (Å²) in [4.78, 5) is 14.2. The molecule has 82 valence electrons. The maximum atomic E-state index is 10.5. The fourth-order valence-electron chi connectivity index (χ4n) is 1.14. The van der Waals surface area contributed by atoms with Gasteiger partial charge in [0.15, 0.2) is 0 Å². The fraction of sp³-hybridized carbons (Fsp3) is 0.444. The van der Waals surface area contributed by atoms with Gasteiger partial charge in [0.25, 0.3) is 5.69 Å². The summed E-state index contributed by atoms with van der Waals surface area (Å²) < 4.78 is 0. The first kappa shape index (κ1) is 11.4. The molecule has 0 amide bonds. The Morgan fingerprint density at radius 1 is 1.67 bits per heavy atom. The van der Waals surface area contributed by atoms with E-state index in [0.29, 0.717) is 18.1 Å². The van der Waals surface area contributed by atoms with Gasteiger partial charge in [-0.1, -0.05) is 0 Å². The summed E-state index contributed by atoms with van der Waals surface area (Å²) in [6.45, 7) is 4.01. The van der Waals surface area contributed by atoms with Gasteiger partial charge in [0.05, 0.1) is 4.92 Å². The van der Waals surface area contributed by atoms with Crippen LogP contribution in [0, 0.1) is 17.0 Å². The van der Waals surface area contributed by atoms with Crippen molar-refractivity contribution in [1.82, 2.24) is 4.98 Å². The predicted octanol–water partition coefficient (Wildman–Crippen LogP) is 1.06. The number of aryl methyl sites for hydroxylation is 1. The number of nitro groups is 1. The van der Waals surface area contributed by atoms with Gasteiger partial charge in [-0.25, -0.2) is 4.98 Å². The van der Waals surface area contributed by atoms with E-state index in [1.54, 1.807) is 13.0 Å². The van der Waals surface area contributed by atoms with Crippen LogP contribution in [0.4, 0.5) is 11.5 Å². The van der Waals surface area contributed by atoms with E-state index in [2.05, 4.69) is 10.3 Å². The summed E-state index contributed by atoms with van der Waals surface area (Å²) in [6.07, 6.45) is 0. The minimum absolute atomic E-state index is 0.0287. The molecule has 1 aromatic heterocycles. The van der Waals surface area contributed by atoms with Crippen molar-refractivity contribution >= 4 is 11.5 Å². The number of nitrogens with zero attached hydrogens (tertiary/aromatic N) is 2. The summed E-state index contributed by atoms with van der Waals surface area (Å²) in [5, 5.41) is 13.6. The molecule has 0 saturated heterocycles. The Kier molecular flexibility index (Phi) is 3.56. The standard InChI is InChI=1S/C9H14N4O2/c1-6(5-10)11-9-4-3-8(13(14)15)7(2)12-9/h3-4,6H,5,10H2,1-2H3,(H,11,12). The van der Waals surface area contributed by atoms with Crippen molar-refractivity contribution < 1.29 is 4.92 Å². The normalized spacial score (nSPS) is 12.2. The molecular weight excluding hydrogens is 196 g/mol. The monoisotopic (exact) mass is 210 g/mol. The summed E-state index contributed by atoms with van der Waals surface area (Å²) in [6, 6.07) is 3.11. The van der Waals surface area contributed by atoms with Gasteiger partial charge in [-0.15, -0.1) is 0 Å². The Hall–Kier alpha value is -1.69. The van der Waals surface area contributed by atoms with E-state index in [1.165, 1.54) is 6.07 Å². The number of nitrogens with two attached hydrogens (primary N) is 1. The average Bonchev–Trinajstić information content (AvgIpc) is 2.17. The van der Waals surface area contributed by atoms with E-state index < -0.39 is 4.92 Å². The summed E-state index contributed by atoms with van der Waals surface area (Å²) in [7, 11) is 0. The molecule has 0 bridgehead atoms. The van der Waals surface area contributed by atoms with Crippen LogP contribution in [0.15, 0.2) is 12.1 Å². The number of nitrogens with one attached hydrogen (secondary N) is 1. The van der Waals surface area contributed by atoms with Crippen molar-refractivity contribution in [3.8, 4) is 0 Å². The van der Waals surface area contributed by atoms with Crippen LogP contribution in [0.25, 0.3) is 0 Å². The van der Waals surface area contributed by atoms with Crippen LogP contribution in [0.1, 0.15) is 12.6 Å². The molecule has 0 aromatic carbocycles. The minimum atomic E-state index is -0.446. The Labute approximate surface area is 87.7 Å². The Bertz CT molecular complexity index is 367. The third kappa shape index (κ3) is 2.88. The highest BCUT2D eigenvalue weighted by Gasteiger charge is 2.12. The molecular formula is C9H14N4O2. The molecule has 6 nitrogen and oxygen atoms in total. The SMILES string of the molecule is Cc1nc(NC(C)CN)ccc1[N+](=O)[O-]. The molecule has 0 saturated carbocycles. The third-order valence-corrected chi connectivity index (χ3v) is 2.00. The lowest BCUT2D eigenvalue weighted by atomic mass is 10.3. The molecule has 0 fully saturated rings. The molecule has 6 heteroatoms. The Morgan fingerprint density at radius 3 is 2.80 bits per heavy atom. The number of pyridine rings is 1. The van der Waals surface area contributed by atoms with E-state index >= 15 is 0 Å². The van der Waals surface area contributed by atoms with Gasteiger partial charge in [-0.3, -0.25) is 10.1 Å². The first-order valence-corrected chi connectivity index (χ1v) is 4.63. The minimum Gasteiger partial charge on any atom is -0.366 e. The highest BCUT2D eigenvalue weighted by Crippen LogP contribution is 2.17. The van der Waals surface area contributed by atoms with Crippen LogP contribution in [0.5, 0.6) is 0 Å². The molecule has 1 heterocycles. The quantitative estimate of drug-likeness (QED) is 0.572. The van der Waals surface area contributed by atoms with Crippen LogP contribution >= 0.6 is 0 Å². The second-order valence-corrected chi connectivity index (χ2v) is 3.34. The number of aromatic nitrogens is 1. The average molecular weight is 210 g/mol. The first-order chi connectivity index (χ1) is 7.04. The maximum absolute atomic E-state index is 10.5. The second-order valence-electron chi connectivity index (χ2n) is 3.34. The molecule has 15 heavy (non-hydrogen) atoms. The molecule has 0 aliphatic heterocycles. The van der Waals surface area contributed by atoms with Crippen molar-refractivity contribution in [3.05, 3.63) is 27.9 Å². The molecule has 0 radical (unpaired) electrons. The van der Waals surface area contributed by atoms with E-state index in [0.717, 1.165) is 0 Å². The Balaban J connectivity index is 2.87. The van der Waals surface area contributed by atoms with Crippen LogP contribution in [0.3, 0.4) is 0 Å². The highest BCUT2D eigenvalue weighted by molar-refractivity contribution is 5.45. The van der Waals surface area contributed by atoms with Crippen molar-refractivity contribution in [1.29, 1.82) is 0 Å². The van der Waals surface area contributed by atoms with Crippen LogP contribution in [-0.4, -0.2) is 22.5 Å². The number of anilines is 1. The molecule has 1 atom stereocenters. The first-order valence-electron chi connectivity index (χ1n) is 4.63. The van der Waals surface area contributed by atoms with Crippen molar-refractivity contribution in [2.75, 3.05) is 11.9 Å². The zero-order valence-corrected chi connectivity index (χ0v) is 8.73. The fourth-order valence-corrected chi connectivity index (χ4v) is 1.14. The topological polar surface area (TPSA) is 94.1 Å². The number of hydrogen-bond donors (Lipinski definition) is 2. The molecule has 1 aromatic rings. The number of rotatable bonds is 4. The lowest BCUT2D eigenvalue weighted by molar-refractivity contribution is -0.385. The summed E-state index contributed by atoms with van der Waals surface area (Å²) in [5.41, 5.74) is 5.86. The molecule has 0 spiro atoms. The molecule has 1 rings (SSSR count). The van der Waals surface area contributed by atoms with Gasteiger partial charge in [-0.2, -0.15) is 0 Å². The van der Waals surface area contributed by atoms with E-state index in [-0.39, 0.29) is 11.7 Å². The van der Waals surface area contributed by atoms with Crippen molar-refractivity contribution in [2.45, 2.75) is 19.9 Å². The van der Waals surface area contributed by atoms with Crippen LogP contribution in [-0.2, 0) is 0 Å². The van der Waals surface area contributed by atoms with Gasteiger partial charge >= 0.3 is 0 Å². The van der Waals surface area contributed by atoms with Gasteiger partial charge in [-0.05, 0) is 19.9 Å². The van der Waals surface area contributed by atoms with Crippen LogP contribution < -0.4 is 11.1 Å². The predicted molar refractivity (Wildman–Crippen MR) is 57.8 cm³/mol. The van der Waals surface area contributed by atoms with Crippen molar-refractivity contribution in [3.63, 3.8) is 0 Å². The van der Waals surface area contributed by atoms with Crippen LogP contribution in [0.2, 0.25) is 0 Å². The smallest absolute Gasteiger partial charge is 0.290 e. The van der Waals surface area contributed by atoms with Gasteiger partial charge in [0.2, 0.25) is 0 Å². The molecule has 0 aliphatic rings. The zero-order valence-electron chi connectivity index (χ0n) is 8.73. The van der Waals surface area contributed by atoms with E-state index in [4.69, 9.17) is 5.73 Å². The number of hydrogen-bond acceptors (Lipinski definition) is 5. The zero-order chi connectivity index (χ0) is 11.4. The third-order valence-electron chi connectivity index (χ3n) is 2.00.